The number of alkyl halides is 2. The molecular weight excluding hydrogens is 190 g/mol. The SMILES string of the molecule is COCC(C)(C)OC/C=C/C(C)(F)F. The van der Waals surface area contributed by atoms with Crippen molar-refractivity contribution in [1.82, 2.24) is 0 Å². The Kier molecular flexibility index (Phi) is 5.23. The first-order valence-corrected chi connectivity index (χ1v) is 4.45. The van der Waals surface area contributed by atoms with Gasteiger partial charge in [0.1, 0.15) is 0 Å². The van der Waals surface area contributed by atoms with Crippen LogP contribution in [0.4, 0.5) is 8.78 Å². The summed E-state index contributed by atoms with van der Waals surface area (Å²) in [7, 11) is 1.57. The lowest BCUT2D eigenvalue weighted by Gasteiger charge is -2.23. The second kappa shape index (κ2) is 5.41. The van der Waals surface area contributed by atoms with Crippen LogP contribution >= 0.6 is 0 Å². The van der Waals surface area contributed by atoms with Crippen LogP contribution in [0, 0.1) is 0 Å². The quantitative estimate of drug-likeness (QED) is 0.625. The standard InChI is InChI=1S/C10H18F2O2/c1-9(2,8-13-4)14-7-5-6-10(3,11)12/h5-6H,7-8H2,1-4H3/b6-5+. The van der Waals surface area contributed by atoms with Gasteiger partial charge in [-0.2, -0.15) is 0 Å². The molecule has 0 aromatic carbocycles. The first kappa shape index (κ1) is 13.5. The molecule has 0 rings (SSSR count). The highest BCUT2D eigenvalue weighted by molar-refractivity contribution is 4.92. The lowest BCUT2D eigenvalue weighted by atomic mass is 10.1. The molecule has 0 spiro atoms. The zero-order valence-corrected chi connectivity index (χ0v) is 9.14. The molecule has 0 amide bonds. The molecule has 0 N–H and O–H groups in total. The van der Waals surface area contributed by atoms with E-state index in [1.165, 1.54) is 6.08 Å². The Morgan fingerprint density at radius 1 is 1.21 bits per heavy atom. The van der Waals surface area contributed by atoms with E-state index in [1.807, 2.05) is 13.8 Å². The van der Waals surface area contributed by atoms with Gasteiger partial charge in [-0.25, -0.2) is 8.78 Å². The van der Waals surface area contributed by atoms with Gasteiger partial charge in [0.25, 0.3) is 5.92 Å². The van der Waals surface area contributed by atoms with Gasteiger partial charge in [-0.3, -0.25) is 0 Å². The fourth-order valence-electron chi connectivity index (χ4n) is 0.918. The van der Waals surface area contributed by atoms with Gasteiger partial charge < -0.3 is 9.47 Å². The van der Waals surface area contributed by atoms with Crippen molar-refractivity contribution < 1.29 is 18.3 Å². The van der Waals surface area contributed by atoms with Gasteiger partial charge in [0.2, 0.25) is 0 Å². The molecule has 0 aromatic rings. The number of allylic oxidation sites excluding steroid dienone is 1. The van der Waals surface area contributed by atoms with Gasteiger partial charge in [-0.15, -0.1) is 0 Å². The van der Waals surface area contributed by atoms with Crippen molar-refractivity contribution in [1.29, 1.82) is 0 Å². The number of halogens is 2. The molecule has 2 nitrogen and oxygen atoms in total. The molecule has 0 unspecified atom stereocenters. The molecule has 0 fully saturated rings. The Hall–Kier alpha value is -0.480. The van der Waals surface area contributed by atoms with Crippen molar-refractivity contribution in [3.05, 3.63) is 12.2 Å². The number of hydrogen-bond donors (Lipinski definition) is 0. The molecule has 0 aliphatic heterocycles. The highest BCUT2D eigenvalue weighted by Gasteiger charge is 2.18. The van der Waals surface area contributed by atoms with Crippen molar-refractivity contribution >= 4 is 0 Å². The molecule has 0 saturated heterocycles. The Morgan fingerprint density at radius 3 is 2.21 bits per heavy atom. The first-order valence-electron chi connectivity index (χ1n) is 4.45. The Morgan fingerprint density at radius 2 is 1.79 bits per heavy atom. The molecule has 84 valence electrons. The third kappa shape index (κ3) is 8.13. The minimum Gasteiger partial charge on any atom is -0.382 e. The van der Waals surface area contributed by atoms with Gasteiger partial charge in [0, 0.05) is 14.0 Å². The van der Waals surface area contributed by atoms with E-state index in [2.05, 4.69) is 0 Å². The molecule has 0 aromatic heterocycles. The predicted octanol–water partition coefficient (Wildman–Crippen LogP) is 2.64. The largest absolute Gasteiger partial charge is 0.382 e. The number of methoxy groups -OCH3 is 1. The average Bonchev–Trinajstić information content (AvgIpc) is 1.96. The zero-order valence-electron chi connectivity index (χ0n) is 9.14. The molecule has 14 heavy (non-hydrogen) atoms. The van der Waals surface area contributed by atoms with Crippen molar-refractivity contribution in [2.75, 3.05) is 20.3 Å². The molecular formula is C10H18F2O2. The van der Waals surface area contributed by atoms with Crippen molar-refractivity contribution in [3.8, 4) is 0 Å². The lowest BCUT2D eigenvalue weighted by Crippen LogP contribution is -2.30. The second-order valence-electron chi connectivity index (χ2n) is 3.86. The molecule has 4 heteroatoms. The van der Waals surface area contributed by atoms with E-state index in [9.17, 15) is 8.78 Å². The third-order valence-corrected chi connectivity index (χ3v) is 1.47. The van der Waals surface area contributed by atoms with E-state index in [0.29, 0.717) is 6.61 Å². The number of rotatable bonds is 6. The van der Waals surface area contributed by atoms with E-state index < -0.39 is 11.5 Å². The Labute approximate surface area is 83.9 Å². The smallest absolute Gasteiger partial charge is 0.263 e. The summed E-state index contributed by atoms with van der Waals surface area (Å²) in [4.78, 5) is 0. The van der Waals surface area contributed by atoms with Crippen molar-refractivity contribution in [2.24, 2.45) is 0 Å². The number of hydrogen-bond acceptors (Lipinski definition) is 2. The van der Waals surface area contributed by atoms with E-state index in [1.54, 1.807) is 7.11 Å². The maximum absolute atomic E-state index is 12.3. The first-order chi connectivity index (χ1) is 6.27. The molecule has 0 atom stereocenters. The van der Waals surface area contributed by atoms with E-state index in [4.69, 9.17) is 9.47 Å². The van der Waals surface area contributed by atoms with Crippen LogP contribution in [-0.2, 0) is 9.47 Å². The van der Waals surface area contributed by atoms with Crippen LogP contribution in [0.1, 0.15) is 20.8 Å². The van der Waals surface area contributed by atoms with Crippen molar-refractivity contribution in [2.45, 2.75) is 32.3 Å². The highest BCUT2D eigenvalue weighted by atomic mass is 19.3. The van der Waals surface area contributed by atoms with Gasteiger partial charge in [-0.1, -0.05) is 6.08 Å². The monoisotopic (exact) mass is 208 g/mol. The predicted molar refractivity (Wildman–Crippen MR) is 51.7 cm³/mol. The second-order valence-corrected chi connectivity index (χ2v) is 3.86. The summed E-state index contributed by atoms with van der Waals surface area (Å²) in [6.45, 7) is 5.12. The number of ether oxygens (including phenoxy) is 2. The zero-order chi connectivity index (χ0) is 11.2. The lowest BCUT2D eigenvalue weighted by molar-refractivity contribution is -0.0535. The van der Waals surface area contributed by atoms with E-state index in [0.717, 1.165) is 13.0 Å². The Balaban J connectivity index is 3.79. The van der Waals surface area contributed by atoms with Crippen LogP contribution in [0.25, 0.3) is 0 Å². The van der Waals surface area contributed by atoms with Crippen LogP contribution < -0.4 is 0 Å². The fraction of sp³-hybridized carbons (Fsp3) is 0.800. The van der Waals surface area contributed by atoms with Crippen LogP contribution in [0.15, 0.2) is 12.2 Å². The summed E-state index contributed by atoms with van der Waals surface area (Å²) in [5.41, 5.74) is -0.442. The van der Waals surface area contributed by atoms with E-state index >= 15 is 0 Å². The normalized spacial score (nSPS) is 13.9. The van der Waals surface area contributed by atoms with Crippen molar-refractivity contribution in [3.63, 3.8) is 0 Å². The molecule has 0 bridgehead atoms. The Bertz CT molecular complexity index is 183. The third-order valence-electron chi connectivity index (χ3n) is 1.47. The van der Waals surface area contributed by atoms with Gasteiger partial charge in [0.15, 0.2) is 0 Å². The molecule has 0 heterocycles. The van der Waals surface area contributed by atoms with Gasteiger partial charge in [-0.05, 0) is 19.9 Å². The minimum atomic E-state index is -2.77. The maximum Gasteiger partial charge on any atom is 0.263 e. The average molecular weight is 208 g/mol. The summed E-state index contributed by atoms with van der Waals surface area (Å²) in [5, 5.41) is 0. The molecule has 0 saturated carbocycles. The highest BCUT2D eigenvalue weighted by Crippen LogP contribution is 2.13. The van der Waals surface area contributed by atoms with Gasteiger partial charge in [0.05, 0.1) is 18.8 Å². The molecule has 0 aliphatic rings. The molecule has 0 aliphatic carbocycles. The summed E-state index contributed by atoms with van der Waals surface area (Å²) < 4.78 is 34.9. The molecule has 0 radical (unpaired) electrons. The van der Waals surface area contributed by atoms with Crippen LogP contribution in [0.5, 0.6) is 0 Å². The summed E-state index contributed by atoms with van der Waals surface area (Å²) in [5.74, 6) is -2.77. The maximum atomic E-state index is 12.3. The topological polar surface area (TPSA) is 18.5 Å². The fourth-order valence-corrected chi connectivity index (χ4v) is 0.918. The summed E-state index contributed by atoms with van der Waals surface area (Å²) >= 11 is 0. The minimum absolute atomic E-state index is 0.166. The summed E-state index contributed by atoms with van der Waals surface area (Å²) in [6.07, 6.45) is 2.15. The van der Waals surface area contributed by atoms with Gasteiger partial charge >= 0.3 is 0 Å². The van der Waals surface area contributed by atoms with E-state index in [-0.39, 0.29) is 6.61 Å². The van der Waals surface area contributed by atoms with Crippen LogP contribution in [-0.4, -0.2) is 31.8 Å². The van der Waals surface area contributed by atoms with Crippen LogP contribution in [0.2, 0.25) is 0 Å². The summed E-state index contributed by atoms with van der Waals surface area (Å²) in [6, 6.07) is 0. The van der Waals surface area contributed by atoms with Crippen LogP contribution in [0.3, 0.4) is 0 Å².